The number of nitrogens with zero attached hydrogens (tertiary/aromatic N) is 3. The minimum atomic E-state index is -0.232. The van der Waals surface area contributed by atoms with Gasteiger partial charge in [-0.25, -0.2) is 0 Å². The molecule has 3 rings (SSSR count). The summed E-state index contributed by atoms with van der Waals surface area (Å²) in [5.41, 5.74) is 0.334. The molecule has 1 N–H and O–H groups in total. The first kappa shape index (κ1) is 14.4. The Morgan fingerprint density at radius 1 is 1.29 bits per heavy atom. The Balaban J connectivity index is 1.57. The second-order valence-corrected chi connectivity index (χ2v) is 6.47. The number of aromatic nitrogens is 2. The minimum absolute atomic E-state index is 0.102. The molecule has 1 aliphatic carbocycles. The van der Waals surface area contributed by atoms with Gasteiger partial charge in [-0.2, -0.15) is 0 Å². The fourth-order valence-corrected chi connectivity index (χ4v) is 3.71. The van der Waals surface area contributed by atoms with Crippen LogP contribution in [0.4, 0.5) is 0 Å². The highest BCUT2D eigenvalue weighted by molar-refractivity contribution is 7.03. The monoisotopic (exact) mass is 308 g/mol. The molecule has 1 aliphatic heterocycles. The van der Waals surface area contributed by atoms with Gasteiger partial charge in [0.05, 0.1) is 6.04 Å². The van der Waals surface area contributed by atoms with Gasteiger partial charge in [0.1, 0.15) is 0 Å². The van der Waals surface area contributed by atoms with E-state index in [0.29, 0.717) is 24.7 Å². The molecule has 0 bridgehead atoms. The first-order valence-electron chi connectivity index (χ1n) is 7.61. The molecule has 1 saturated carbocycles. The number of rotatable bonds is 3. The van der Waals surface area contributed by atoms with Gasteiger partial charge in [0.15, 0.2) is 5.69 Å². The third-order valence-electron chi connectivity index (χ3n) is 4.35. The van der Waals surface area contributed by atoms with Crippen molar-refractivity contribution in [2.75, 3.05) is 6.54 Å². The van der Waals surface area contributed by atoms with Crippen molar-refractivity contribution in [3.05, 3.63) is 11.1 Å². The molecule has 2 fully saturated rings. The van der Waals surface area contributed by atoms with E-state index in [-0.39, 0.29) is 17.9 Å². The lowest BCUT2D eigenvalue weighted by atomic mass is 10.1. The van der Waals surface area contributed by atoms with Gasteiger partial charge in [-0.1, -0.05) is 30.2 Å². The smallest absolute Gasteiger partial charge is 0.273 e. The van der Waals surface area contributed by atoms with Crippen LogP contribution in [-0.2, 0) is 4.79 Å². The molecule has 2 aliphatic rings. The van der Waals surface area contributed by atoms with Crippen LogP contribution in [0.15, 0.2) is 5.38 Å². The quantitative estimate of drug-likeness (QED) is 0.861. The van der Waals surface area contributed by atoms with Crippen molar-refractivity contribution in [2.45, 2.75) is 57.0 Å². The number of amides is 2. The van der Waals surface area contributed by atoms with Gasteiger partial charge in [0.25, 0.3) is 5.91 Å². The molecule has 1 saturated heterocycles. The summed E-state index contributed by atoms with van der Waals surface area (Å²) < 4.78 is 3.69. The normalized spacial score (nSPS) is 24.1. The predicted molar refractivity (Wildman–Crippen MR) is 79.0 cm³/mol. The van der Waals surface area contributed by atoms with Crippen LogP contribution in [0.3, 0.4) is 0 Å². The number of nitrogens with one attached hydrogen (secondary N) is 1. The molecule has 1 aromatic heterocycles. The van der Waals surface area contributed by atoms with E-state index in [1.165, 1.54) is 25.7 Å². The van der Waals surface area contributed by atoms with E-state index in [1.54, 1.807) is 5.38 Å². The zero-order valence-corrected chi connectivity index (χ0v) is 12.8. The molecule has 1 atom stereocenters. The molecule has 2 amide bonds. The summed E-state index contributed by atoms with van der Waals surface area (Å²) in [5, 5.41) is 8.28. The van der Waals surface area contributed by atoms with Crippen LogP contribution in [0.25, 0.3) is 0 Å². The third kappa shape index (κ3) is 3.40. The highest BCUT2D eigenvalue weighted by Crippen LogP contribution is 2.25. The summed E-state index contributed by atoms with van der Waals surface area (Å²) in [6.45, 7) is 0.632. The molecular weight excluding hydrogens is 288 g/mol. The summed E-state index contributed by atoms with van der Waals surface area (Å²) in [5.74, 6) is -0.0622. The van der Waals surface area contributed by atoms with Crippen molar-refractivity contribution in [1.29, 1.82) is 0 Å². The SMILES string of the molecule is O=C(NC1CC(=O)N(C2CCCCCC2)C1)c1csnn1. The molecule has 21 heavy (non-hydrogen) atoms. The summed E-state index contributed by atoms with van der Waals surface area (Å²) in [6, 6.07) is 0.262. The standard InChI is InChI=1S/C14H20N4O2S/c19-13-7-10(15-14(20)12-9-21-17-16-12)8-18(13)11-5-3-1-2-4-6-11/h9-11H,1-8H2,(H,15,20). The minimum Gasteiger partial charge on any atom is -0.346 e. The Kier molecular flexibility index (Phi) is 4.48. The van der Waals surface area contributed by atoms with Crippen molar-refractivity contribution >= 4 is 23.3 Å². The zero-order chi connectivity index (χ0) is 14.7. The fourth-order valence-electron chi connectivity index (χ4n) is 3.27. The lowest BCUT2D eigenvalue weighted by Gasteiger charge is -2.27. The first-order valence-corrected chi connectivity index (χ1v) is 8.45. The van der Waals surface area contributed by atoms with Crippen LogP contribution in [0.1, 0.15) is 55.4 Å². The Morgan fingerprint density at radius 3 is 2.71 bits per heavy atom. The van der Waals surface area contributed by atoms with Gasteiger partial charge in [0, 0.05) is 24.4 Å². The summed E-state index contributed by atoms with van der Waals surface area (Å²) in [6.07, 6.45) is 7.56. The van der Waals surface area contributed by atoms with Crippen LogP contribution in [0, 0.1) is 0 Å². The van der Waals surface area contributed by atoms with Gasteiger partial charge in [-0.3, -0.25) is 9.59 Å². The lowest BCUT2D eigenvalue weighted by molar-refractivity contribution is -0.129. The molecule has 6 nitrogen and oxygen atoms in total. The van der Waals surface area contributed by atoms with Crippen LogP contribution >= 0.6 is 11.5 Å². The Bertz CT molecular complexity index is 497. The number of hydrogen-bond acceptors (Lipinski definition) is 5. The van der Waals surface area contributed by atoms with Crippen LogP contribution in [0.5, 0.6) is 0 Å². The maximum Gasteiger partial charge on any atom is 0.273 e. The largest absolute Gasteiger partial charge is 0.346 e. The highest BCUT2D eigenvalue weighted by Gasteiger charge is 2.35. The predicted octanol–water partition coefficient (Wildman–Crippen LogP) is 1.59. The fraction of sp³-hybridized carbons (Fsp3) is 0.714. The van der Waals surface area contributed by atoms with Gasteiger partial charge in [0.2, 0.25) is 5.91 Å². The molecular formula is C14H20N4O2S. The van der Waals surface area contributed by atoms with Crippen molar-refractivity contribution < 1.29 is 9.59 Å². The van der Waals surface area contributed by atoms with E-state index >= 15 is 0 Å². The second kappa shape index (κ2) is 6.51. The number of likely N-dealkylation sites (tertiary alicyclic amines) is 1. The van der Waals surface area contributed by atoms with Crippen molar-refractivity contribution in [2.24, 2.45) is 0 Å². The molecule has 0 aromatic carbocycles. The Hall–Kier alpha value is -1.50. The number of carbonyl (C=O) groups is 2. The summed E-state index contributed by atoms with van der Waals surface area (Å²) >= 11 is 1.15. The van der Waals surface area contributed by atoms with Crippen LogP contribution in [0.2, 0.25) is 0 Å². The van der Waals surface area contributed by atoms with E-state index in [0.717, 1.165) is 24.4 Å². The maximum atomic E-state index is 12.2. The van der Waals surface area contributed by atoms with E-state index in [1.807, 2.05) is 4.90 Å². The number of carbonyl (C=O) groups excluding carboxylic acids is 2. The first-order chi connectivity index (χ1) is 10.2. The average Bonchev–Trinajstić information content (AvgIpc) is 3.03. The molecule has 114 valence electrons. The lowest BCUT2D eigenvalue weighted by Crippen LogP contribution is -2.40. The van der Waals surface area contributed by atoms with E-state index < -0.39 is 0 Å². The van der Waals surface area contributed by atoms with E-state index in [9.17, 15) is 9.59 Å². The maximum absolute atomic E-state index is 12.2. The van der Waals surface area contributed by atoms with Crippen LogP contribution < -0.4 is 5.32 Å². The van der Waals surface area contributed by atoms with Gasteiger partial charge < -0.3 is 10.2 Å². The van der Waals surface area contributed by atoms with E-state index in [2.05, 4.69) is 14.9 Å². The molecule has 0 spiro atoms. The summed E-state index contributed by atoms with van der Waals surface area (Å²) in [4.78, 5) is 26.2. The third-order valence-corrected chi connectivity index (χ3v) is 4.86. The second-order valence-electron chi connectivity index (χ2n) is 5.86. The van der Waals surface area contributed by atoms with Gasteiger partial charge >= 0.3 is 0 Å². The number of hydrogen-bond donors (Lipinski definition) is 1. The Morgan fingerprint density at radius 2 is 2.05 bits per heavy atom. The Labute approximate surface area is 128 Å². The van der Waals surface area contributed by atoms with Crippen molar-refractivity contribution in [3.8, 4) is 0 Å². The van der Waals surface area contributed by atoms with Crippen molar-refractivity contribution in [1.82, 2.24) is 19.8 Å². The molecule has 7 heteroatoms. The van der Waals surface area contributed by atoms with E-state index in [4.69, 9.17) is 0 Å². The average molecular weight is 308 g/mol. The zero-order valence-electron chi connectivity index (χ0n) is 12.0. The van der Waals surface area contributed by atoms with Gasteiger partial charge in [-0.15, -0.1) is 5.10 Å². The molecule has 2 heterocycles. The summed E-state index contributed by atoms with van der Waals surface area (Å²) in [7, 11) is 0. The molecule has 1 unspecified atom stereocenters. The van der Waals surface area contributed by atoms with Gasteiger partial charge in [-0.05, 0) is 24.4 Å². The molecule has 0 radical (unpaired) electrons. The highest BCUT2D eigenvalue weighted by atomic mass is 32.1. The molecule has 1 aromatic rings. The van der Waals surface area contributed by atoms with Crippen LogP contribution in [-0.4, -0.2) is 44.9 Å². The topological polar surface area (TPSA) is 75.2 Å². The van der Waals surface area contributed by atoms with Crippen molar-refractivity contribution in [3.63, 3.8) is 0 Å².